The monoisotopic (exact) mass is 308 g/mol. The number of thiazole rings is 1. The Labute approximate surface area is 123 Å². The first-order chi connectivity index (χ1) is 10.1. The molecule has 1 aromatic heterocycles. The minimum Gasteiger partial charge on any atom is -0.361 e. The van der Waals surface area contributed by atoms with Crippen LogP contribution >= 0.6 is 11.3 Å². The zero-order valence-electron chi connectivity index (χ0n) is 10.9. The van der Waals surface area contributed by atoms with E-state index in [4.69, 9.17) is 0 Å². The summed E-state index contributed by atoms with van der Waals surface area (Å²) < 4.78 is 39.9. The molecule has 3 rings (SSSR count). The van der Waals surface area contributed by atoms with Crippen molar-refractivity contribution < 1.29 is 13.2 Å². The van der Waals surface area contributed by atoms with Crippen molar-refractivity contribution in [3.05, 3.63) is 59.4 Å². The lowest BCUT2D eigenvalue weighted by Gasteiger charge is -2.03. The lowest BCUT2D eigenvalue weighted by molar-refractivity contribution is 0.580. The molecule has 0 radical (unpaired) electrons. The van der Waals surface area contributed by atoms with Gasteiger partial charge in [0.15, 0.2) is 5.13 Å². The molecule has 0 aliphatic rings. The number of nitrogens with one attached hydrogen (secondary N) is 1. The predicted octanol–water partition coefficient (Wildman–Crippen LogP) is 4.37. The number of fused-ring (bicyclic) bond motifs is 1. The molecule has 2 nitrogen and oxygen atoms in total. The summed E-state index contributed by atoms with van der Waals surface area (Å²) in [6, 6.07) is 7.87. The van der Waals surface area contributed by atoms with E-state index < -0.39 is 11.6 Å². The second-order valence-corrected chi connectivity index (χ2v) is 5.62. The van der Waals surface area contributed by atoms with Crippen molar-refractivity contribution in [2.45, 2.75) is 6.42 Å². The average Bonchev–Trinajstić information content (AvgIpc) is 2.79. The standard InChI is InChI=1S/C15H11F3N2S/c16-10-1-2-13-14(8-10)21-15(20-13)19-4-3-9-5-11(17)7-12(18)6-9/h1-2,5-8H,3-4H2,(H,19,20). The fourth-order valence-electron chi connectivity index (χ4n) is 2.04. The first-order valence-electron chi connectivity index (χ1n) is 6.35. The Kier molecular flexibility index (Phi) is 3.79. The molecule has 0 saturated heterocycles. The van der Waals surface area contributed by atoms with E-state index in [-0.39, 0.29) is 5.82 Å². The summed E-state index contributed by atoms with van der Waals surface area (Å²) in [4.78, 5) is 4.31. The van der Waals surface area contributed by atoms with E-state index in [2.05, 4.69) is 10.3 Å². The van der Waals surface area contributed by atoms with Gasteiger partial charge in [-0.2, -0.15) is 0 Å². The van der Waals surface area contributed by atoms with E-state index in [0.29, 0.717) is 23.7 Å². The van der Waals surface area contributed by atoms with Crippen LogP contribution in [0, 0.1) is 17.5 Å². The number of nitrogens with zero attached hydrogens (tertiary/aromatic N) is 1. The van der Waals surface area contributed by atoms with Crippen LogP contribution < -0.4 is 5.32 Å². The van der Waals surface area contributed by atoms with Crippen LogP contribution in [0.15, 0.2) is 36.4 Å². The maximum atomic E-state index is 13.1. The molecule has 1 N–H and O–H groups in total. The molecule has 6 heteroatoms. The molecule has 0 saturated carbocycles. The highest BCUT2D eigenvalue weighted by Crippen LogP contribution is 2.26. The molecule has 0 bridgehead atoms. The van der Waals surface area contributed by atoms with Crippen LogP contribution in [0.3, 0.4) is 0 Å². The van der Waals surface area contributed by atoms with Crippen LogP contribution in [-0.2, 0) is 6.42 Å². The van der Waals surface area contributed by atoms with Gasteiger partial charge >= 0.3 is 0 Å². The number of hydrogen-bond acceptors (Lipinski definition) is 3. The topological polar surface area (TPSA) is 24.9 Å². The molecule has 108 valence electrons. The second kappa shape index (κ2) is 5.73. The van der Waals surface area contributed by atoms with Gasteiger partial charge < -0.3 is 5.32 Å². The number of anilines is 1. The summed E-state index contributed by atoms with van der Waals surface area (Å²) in [5.74, 6) is -1.46. The largest absolute Gasteiger partial charge is 0.361 e. The quantitative estimate of drug-likeness (QED) is 0.774. The van der Waals surface area contributed by atoms with Gasteiger partial charge in [-0.15, -0.1) is 0 Å². The van der Waals surface area contributed by atoms with Crippen LogP contribution in [0.4, 0.5) is 18.3 Å². The van der Waals surface area contributed by atoms with Gasteiger partial charge in [0.1, 0.15) is 17.5 Å². The molecule has 21 heavy (non-hydrogen) atoms. The van der Waals surface area contributed by atoms with Crippen LogP contribution in [0.1, 0.15) is 5.56 Å². The van der Waals surface area contributed by atoms with Gasteiger partial charge in [0.2, 0.25) is 0 Å². The van der Waals surface area contributed by atoms with Crippen molar-refractivity contribution in [3.8, 4) is 0 Å². The molecule has 0 unspecified atom stereocenters. The van der Waals surface area contributed by atoms with Crippen molar-refractivity contribution >= 4 is 26.7 Å². The number of benzene rings is 2. The zero-order valence-corrected chi connectivity index (χ0v) is 11.7. The lowest BCUT2D eigenvalue weighted by Crippen LogP contribution is -2.05. The number of hydrogen-bond donors (Lipinski definition) is 1. The van der Waals surface area contributed by atoms with Gasteiger partial charge in [0.05, 0.1) is 10.2 Å². The number of aromatic nitrogens is 1. The SMILES string of the molecule is Fc1cc(F)cc(CCNc2nc3ccc(F)cc3s2)c1. The van der Waals surface area contributed by atoms with E-state index in [1.807, 2.05) is 0 Å². The zero-order chi connectivity index (χ0) is 14.8. The number of halogens is 3. The van der Waals surface area contributed by atoms with Gasteiger partial charge in [0.25, 0.3) is 0 Å². The maximum Gasteiger partial charge on any atom is 0.183 e. The van der Waals surface area contributed by atoms with E-state index in [1.165, 1.54) is 35.6 Å². The van der Waals surface area contributed by atoms with Crippen LogP contribution in [0.25, 0.3) is 10.2 Å². The third-order valence-electron chi connectivity index (χ3n) is 2.96. The van der Waals surface area contributed by atoms with Crippen molar-refractivity contribution in [1.29, 1.82) is 0 Å². The van der Waals surface area contributed by atoms with Gasteiger partial charge in [-0.3, -0.25) is 0 Å². The molecule has 0 aliphatic heterocycles. The third-order valence-corrected chi connectivity index (χ3v) is 3.94. The first kappa shape index (κ1) is 13.9. The predicted molar refractivity (Wildman–Crippen MR) is 78.1 cm³/mol. The fourth-order valence-corrected chi connectivity index (χ4v) is 2.96. The average molecular weight is 308 g/mol. The first-order valence-corrected chi connectivity index (χ1v) is 7.17. The van der Waals surface area contributed by atoms with E-state index in [9.17, 15) is 13.2 Å². The summed E-state index contributed by atoms with van der Waals surface area (Å²) in [6.45, 7) is 0.491. The Morgan fingerprint density at radius 1 is 0.952 bits per heavy atom. The third kappa shape index (κ3) is 3.33. The van der Waals surface area contributed by atoms with Gasteiger partial charge in [-0.1, -0.05) is 11.3 Å². The molecular weight excluding hydrogens is 297 g/mol. The van der Waals surface area contributed by atoms with Crippen LogP contribution in [-0.4, -0.2) is 11.5 Å². The Morgan fingerprint density at radius 2 is 1.71 bits per heavy atom. The Bertz CT molecular complexity index is 765. The minimum atomic E-state index is -0.583. The molecule has 0 spiro atoms. The van der Waals surface area contributed by atoms with Crippen molar-refractivity contribution in [3.63, 3.8) is 0 Å². The van der Waals surface area contributed by atoms with E-state index >= 15 is 0 Å². The molecule has 0 aliphatic carbocycles. The molecule has 1 heterocycles. The van der Waals surface area contributed by atoms with Crippen molar-refractivity contribution in [2.75, 3.05) is 11.9 Å². The Balaban J connectivity index is 1.66. The van der Waals surface area contributed by atoms with Crippen LogP contribution in [0.2, 0.25) is 0 Å². The Morgan fingerprint density at radius 3 is 2.48 bits per heavy atom. The maximum absolute atomic E-state index is 13.1. The Hall–Kier alpha value is -2.08. The highest BCUT2D eigenvalue weighted by atomic mass is 32.1. The summed E-state index contributed by atoms with van der Waals surface area (Å²) in [5.41, 5.74) is 1.30. The van der Waals surface area contributed by atoms with Gasteiger partial charge in [-0.25, -0.2) is 18.2 Å². The molecule has 3 aromatic rings. The molecule has 2 aromatic carbocycles. The molecule has 0 fully saturated rings. The lowest BCUT2D eigenvalue weighted by atomic mass is 10.1. The smallest absolute Gasteiger partial charge is 0.183 e. The van der Waals surface area contributed by atoms with E-state index in [0.717, 1.165) is 16.3 Å². The summed E-state index contributed by atoms with van der Waals surface area (Å²) in [6.07, 6.45) is 0.471. The van der Waals surface area contributed by atoms with E-state index in [1.54, 1.807) is 6.07 Å². The molecule has 0 atom stereocenters. The second-order valence-electron chi connectivity index (χ2n) is 4.59. The summed E-state index contributed by atoms with van der Waals surface area (Å²) in [5, 5.41) is 3.74. The van der Waals surface area contributed by atoms with Gasteiger partial charge in [0, 0.05) is 12.6 Å². The molecule has 0 amide bonds. The van der Waals surface area contributed by atoms with Crippen LogP contribution in [0.5, 0.6) is 0 Å². The number of rotatable bonds is 4. The summed E-state index contributed by atoms with van der Waals surface area (Å²) in [7, 11) is 0. The highest BCUT2D eigenvalue weighted by Gasteiger charge is 2.05. The summed E-state index contributed by atoms with van der Waals surface area (Å²) >= 11 is 1.34. The van der Waals surface area contributed by atoms with Crippen molar-refractivity contribution in [2.24, 2.45) is 0 Å². The fraction of sp³-hybridized carbons (Fsp3) is 0.133. The van der Waals surface area contributed by atoms with Crippen molar-refractivity contribution in [1.82, 2.24) is 4.98 Å². The molecular formula is C15H11F3N2S. The van der Waals surface area contributed by atoms with Gasteiger partial charge in [-0.05, 0) is 42.3 Å². The normalized spacial score (nSPS) is 11.0. The highest BCUT2D eigenvalue weighted by molar-refractivity contribution is 7.22. The minimum absolute atomic E-state index is 0.298.